The van der Waals surface area contributed by atoms with E-state index in [4.69, 9.17) is 11.6 Å². The summed E-state index contributed by atoms with van der Waals surface area (Å²) in [6.45, 7) is 1.61. The second-order valence-electron chi connectivity index (χ2n) is 7.07. The Morgan fingerprint density at radius 2 is 2.21 bits per heavy atom. The van der Waals surface area contributed by atoms with E-state index in [1.165, 1.54) is 0 Å². The standard InChI is InChI=1S/C18H21ClN4O/c19-13-2-1-3-14(8-13)22-7-6-12(10-22)18(24)21-16-9-15-4-5-17(16)23(15)11-20/h1-3,8,12,15-17H,4-7,9-10H2,(H,21,24)/t12?,15-,16+,17+/m0/s1. The van der Waals surface area contributed by atoms with Gasteiger partial charge in [-0.2, -0.15) is 5.26 Å². The lowest BCUT2D eigenvalue weighted by molar-refractivity contribution is -0.125. The van der Waals surface area contributed by atoms with Crippen LogP contribution in [0.15, 0.2) is 24.3 Å². The Labute approximate surface area is 147 Å². The molecule has 0 radical (unpaired) electrons. The number of amides is 1. The van der Waals surface area contributed by atoms with Gasteiger partial charge in [-0.3, -0.25) is 4.79 Å². The van der Waals surface area contributed by atoms with Gasteiger partial charge in [-0.15, -0.1) is 0 Å². The van der Waals surface area contributed by atoms with Crippen molar-refractivity contribution in [2.24, 2.45) is 5.92 Å². The first-order valence-electron chi connectivity index (χ1n) is 8.64. The van der Waals surface area contributed by atoms with E-state index in [0.29, 0.717) is 6.04 Å². The van der Waals surface area contributed by atoms with Gasteiger partial charge in [-0.25, -0.2) is 0 Å². The number of carbonyl (C=O) groups excluding carboxylic acids is 1. The van der Waals surface area contributed by atoms with Crippen molar-refractivity contribution in [3.05, 3.63) is 29.3 Å². The third-order valence-corrected chi connectivity index (χ3v) is 5.95. The van der Waals surface area contributed by atoms with Gasteiger partial charge in [-0.1, -0.05) is 17.7 Å². The molecule has 1 unspecified atom stereocenters. The molecule has 3 heterocycles. The van der Waals surface area contributed by atoms with Gasteiger partial charge in [0.1, 0.15) is 0 Å². The summed E-state index contributed by atoms with van der Waals surface area (Å²) in [5, 5.41) is 13.2. The van der Waals surface area contributed by atoms with Gasteiger partial charge in [0.05, 0.1) is 18.0 Å². The molecule has 4 atom stereocenters. The van der Waals surface area contributed by atoms with Crippen LogP contribution in [-0.2, 0) is 4.79 Å². The molecule has 5 nitrogen and oxygen atoms in total. The second kappa shape index (κ2) is 6.18. The lowest BCUT2D eigenvalue weighted by Crippen LogP contribution is -2.46. The number of nitriles is 1. The number of hydrogen-bond donors (Lipinski definition) is 1. The molecule has 1 aromatic carbocycles. The number of nitrogens with one attached hydrogen (secondary N) is 1. The van der Waals surface area contributed by atoms with E-state index in [1.54, 1.807) is 0 Å². The van der Waals surface area contributed by atoms with Crippen LogP contribution in [0.1, 0.15) is 25.7 Å². The van der Waals surface area contributed by atoms with Crippen molar-refractivity contribution >= 4 is 23.2 Å². The van der Waals surface area contributed by atoms with Crippen molar-refractivity contribution in [1.29, 1.82) is 5.26 Å². The highest BCUT2D eigenvalue weighted by Gasteiger charge is 2.47. The van der Waals surface area contributed by atoms with Crippen LogP contribution in [0.3, 0.4) is 0 Å². The molecular weight excluding hydrogens is 324 g/mol. The van der Waals surface area contributed by atoms with E-state index in [0.717, 1.165) is 49.5 Å². The predicted octanol–water partition coefficient (Wildman–Crippen LogP) is 2.37. The fourth-order valence-electron chi connectivity index (χ4n) is 4.48. The number of benzene rings is 1. The van der Waals surface area contributed by atoms with E-state index in [2.05, 4.69) is 16.4 Å². The van der Waals surface area contributed by atoms with Crippen LogP contribution in [-0.4, -0.2) is 42.0 Å². The molecule has 3 aliphatic rings. The van der Waals surface area contributed by atoms with Crippen LogP contribution in [0.2, 0.25) is 5.02 Å². The van der Waals surface area contributed by atoms with Crippen LogP contribution in [0.25, 0.3) is 0 Å². The van der Waals surface area contributed by atoms with E-state index < -0.39 is 0 Å². The Kier molecular flexibility index (Phi) is 4.01. The minimum Gasteiger partial charge on any atom is -0.371 e. The number of rotatable bonds is 3. The van der Waals surface area contributed by atoms with E-state index in [9.17, 15) is 10.1 Å². The van der Waals surface area contributed by atoms with Gasteiger partial charge in [0.15, 0.2) is 6.19 Å². The summed E-state index contributed by atoms with van der Waals surface area (Å²) in [6.07, 6.45) is 6.16. The van der Waals surface area contributed by atoms with Crippen LogP contribution < -0.4 is 10.2 Å². The second-order valence-corrected chi connectivity index (χ2v) is 7.50. The third-order valence-electron chi connectivity index (χ3n) is 5.71. The minimum atomic E-state index is 0.0126. The van der Waals surface area contributed by atoms with Gasteiger partial charge < -0.3 is 15.1 Å². The summed E-state index contributed by atoms with van der Waals surface area (Å²) >= 11 is 6.06. The number of nitrogens with zero attached hydrogens (tertiary/aromatic N) is 3. The largest absolute Gasteiger partial charge is 0.371 e. The molecule has 2 bridgehead atoms. The Bertz CT molecular complexity index is 688. The molecular formula is C18H21ClN4O. The lowest BCUT2D eigenvalue weighted by Gasteiger charge is -2.24. The highest BCUT2D eigenvalue weighted by molar-refractivity contribution is 6.30. The summed E-state index contributed by atoms with van der Waals surface area (Å²) in [4.78, 5) is 16.8. The highest BCUT2D eigenvalue weighted by Crippen LogP contribution is 2.37. The normalized spacial score (nSPS) is 31.3. The maximum Gasteiger partial charge on any atom is 0.225 e. The van der Waals surface area contributed by atoms with E-state index in [1.807, 2.05) is 29.2 Å². The van der Waals surface area contributed by atoms with Crippen molar-refractivity contribution in [2.75, 3.05) is 18.0 Å². The Morgan fingerprint density at radius 3 is 2.96 bits per heavy atom. The Balaban J connectivity index is 1.36. The first-order chi connectivity index (χ1) is 11.7. The zero-order valence-electron chi connectivity index (χ0n) is 13.5. The third kappa shape index (κ3) is 2.69. The summed E-state index contributed by atoms with van der Waals surface area (Å²) < 4.78 is 0. The summed E-state index contributed by atoms with van der Waals surface area (Å²) in [7, 11) is 0. The van der Waals surface area contributed by atoms with Gasteiger partial charge >= 0.3 is 0 Å². The molecule has 0 aliphatic carbocycles. The van der Waals surface area contributed by atoms with E-state index >= 15 is 0 Å². The van der Waals surface area contributed by atoms with Crippen molar-refractivity contribution in [3.8, 4) is 6.19 Å². The summed E-state index contributed by atoms with van der Waals surface area (Å²) in [5.41, 5.74) is 1.08. The van der Waals surface area contributed by atoms with E-state index in [-0.39, 0.29) is 23.9 Å². The molecule has 126 valence electrons. The molecule has 3 aliphatic heterocycles. The average Bonchev–Trinajstić information content (AvgIpc) is 3.28. The Morgan fingerprint density at radius 1 is 1.33 bits per heavy atom. The quantitative estimate of drug-likeness (QED) is 0.855. The van der Waals surface area contributed by atoms with Crippen LogP contribution in [0.5, 0.6) is 0 Å². The fourth-order valence-corrected chi connectivity index (χ4v) is 4.67. The SMILES string of the molecule is N#CN1[C@H]2CC[C@@H]1[C@H](NC(=O)C1CCN(c3cccc(Cl)c3)C1)C2. The predicted molar refractivity (Wildman–Crippen MR) is 92.6 cm³/mol. The van der Waals surface area contributed by atoms with Crippen molar-refractivity contribution in [1.82, 2.24) is 10.2 Å². The number of halogens is 1. The molecule has 0 spiro atoms. The zero-order valence-corrected chi connectivity index (χ0v) is 14.2. The maximum absolute atomic E-state index is 12.7. The molecule has 1 aromatic rings. The molecule has 24 heavy (non-hydrogen) atoms. The first-order valence-corrected chi connectivity index (χ1v) is 9.02. The van der Waals surface area contributed by atoms with Gasteiger partial charge in [0, 0.05) is 29.8 Å². The minimum absolute atomic E-state index is 0.0126. The molecule has 0 saturated carbocycles. The molecule has 4 rings (SSSR count). The molecule has 6 heteroatoms. The summed E-state index contributed by atoms with van der Waals surface area (Å²) in [6, 6.07) is 8.45. The lowest BCUT2D eigenvalue weighted by atomic mass is 9.95. The monoisotopic (exact) mass is 344 g/mol. The highest BCUT2D eigenvalue weighted by atomic mass is 35.5. The van der Waals surface area contributed by atoms with Crippen molar-refractivity contribution in [3.63, 3.8) is 0 Å². The molecule has 1 N–H and O–H groups in total. The molecule has 3 fully saturated rings. The zero-order chi connectivity index (χ0) is 16.7. The number of carbonyl (C=O) groups is 1. The first kappa shape index (κ1) is 15.6. The average molecular weight is 345 g/mol. The number of hydrogen-bond acceptors (Lipinski definition) is 4. The Hall–Kier alpha value is -1.93. The fraction of sp³-hybridized carbons (Fsp3) is 0.556. The number of anilines is 1. The van der Waals surface area contributed by atoms with Crippen LogP contribution in [0, 0.1) is 17.4 Å². The molecule has 0 aromatic heterocycles. The number of fused-ring (bicyclic) bond motifs is 2. The van der Waals surface area contributed by atoms with Crippen LogP contribution >= 0.6 is 11.6 Å². The van der Waals surface area contributed by atoms with Crippen molar-refractivity contribution < 1.29 is 4.79 Å². The molecule has 1 amide bonds. The smallest absolute Gasteiger partial charge is 0.225 e. The molecule has 3 saturated heterocycles. The summed E-state index contributed by atoms with van der Waals surface area (Å²) in [5.74, 6) is 0.147. The van der Waals surface area contributed by atoms with Gasteiger partial charge in [0.25, 0.3) is 0 Å². The van der Waals surface area contributed by atoms with Gasteiger partial charge in [-0.05, 0) is 43.9 Å². The van der Waals surface area contributed by atoms with Gasteiger partial charge in [0.2, 0.25) is 5.91 Å². The maximum atomic E-state index is 12.7. The van der Waals surface area contributed by atoms with Crippen LogP contribution in [0.4, 0.5) is 5.69 Å². The topological polar surface area (TPSA) is 59.4 Å². The van der Waals surface area contributed by atoms with Crippen molar-refractivity contribution in [2.45, 2.75) is 43.8 Å².